The molecule has 0 spiro atoms. The van der Waals surface area contributed by atoms with Crippen LogP contribution in [0.3, 0.4) is 0 Å². The highest BCUT2D eigenvalue weighted by Crippen LogP contribution is 2.21. The molecule has 0 saturated heterocycles. The zero-order chi connectivity index (χ0) is 14.3. The maximum atomic E-state index is 11.4. The molecule has 0 heterocycles. The van der Waals surface area contributed by atoms with Gasteiger partial charge < -0.3 is 15.0 Å². The van der Waals surface area contributed by atoms with E-state index >= 15 is 0 Å². The number of hydrogen-bond donors (Lipinski definition) is 1. The molecular formula is C15H24N2O2. The van der Waals surface area contributed by atoms with Gasteiger partial charge in [-0.3, -0.25) is 4.79 Å². The topological polar surface area (TPSA) is 41.6 Å². The number of ketones is 1. The Hall–Kier alpha value is -1.39. The van der Waals surface area contributed by atoms with Gasteiger partial charge in [-0.25, -0.2) is 0 Å². The Kier molecular flexibility index (Phi) is 6.53. The molecule has 4 nitrogen and oxygen atoms in total. The maximum absolute atomic E-state index is 11.4. The largest absolute Gasteiger partial charge is 0.496 e. The standard InChI is InChI=1S/C15H24N2O2/c1-12(18)13-6-7-15(19-4)14(10-13)11-17(3)9-5-8-16-2/h6-7,10,16H,5,8-9,11H2,1-4H3. The Balaban J connectivity index is 2.74. The van der Waals surface area contributed by atoms with Crippen molar-refractivity contribution in [2.75, 3.05) is 34.3 Å². The summed E-state index contributed by atoms with van der Waals surface area (Å²) in [5.41, 5.74) is 1.79. The lowest BCUT2D eigenvalue weighted by Gasteiger charge is -2.18. The summed E-state index contributed by atoms with van der Waals surface area (Å²) in [4.78, 5) is 13.7. The minimum absolute atomic E-state index is 0.0849. The summed E-state index contributed by atoms with van der Waals surface area (Å²) in [6.07, 6.45) is 1.10. The fourth-order valence-corrected chi connectivity index (χ4v) is 2.02. The van der Waals surface area contributed by atoms with Crippen molar-refractivity contribution in [1.82, 2.24) is 10.2 Å². The average Bonchev–Trinajstić information content (AvgIpc) is 2.38. The maximum Gasteiger partial charge on any atom is 0.159 e. The van der Waals surface area contributed by atoms with Crippen molar-refractivity contribution in [3.63, 3.8) is 0 Å². The van der Waals surface area contributed by atoms with E-state index in [0.29, 0.717) is 0 Å². The van der Waals surface area contributed by atoms with Crippen LogP contribution in [0.5, 0.6) is 5.75 Å². The molecule has 19 heavy (non-hydrogen) atoms. The number of carbonyl (C=O) groups is 1. The van der Waals surface area contributed by atoms with Crippen molar-refractivity contribution >= 4 is 5.78 Å². The first-order chi connectivity index (χ1) is 9.08. The van der Waals surface area contributed by atoms with Crippen molar-refractivity contribution in [2.24, 2.45) is 0 Å². The summed E-state index contributed by atoms with van der Waals surface area (Å²) in [6, 6.07) is 5.61. The van der Waals surface area contributed by atoms with Gasteiger partial charge in [-0.1, -0.05) is 0 Å². The molecule has 1 aromatic rings. The van der Waals surface area contributed by atoms with E-state index in [1.54, 1.807) is 14.0 Å². The van der Waals surface area contributed by atoms with Crippen LogP contribution in [0.15, 0.2) is 18.2 Å². The summed E-state index contributed by atoms with van der Waals surface area (Å²) < 4.78 is 5.36. The lowest BCUT2D eigenvalue weighted by Crippen LogP contribution is -2.22. The first-order valence-corrected chi connectivity index (χ1v) is 6.59. The monoisotopic (exact) mass is 264 g/mol. The fourth-order valence-electron chi connectivity index (χ4n) is 2.02. The van der Waals surface area contributed by atoms with E-state index in [4.69, 9.17) is 4.74 Å². The van der Waals surface area contributed by atoms with Crippen LogP contribution >= 0.6 is 0 Å². The lowest BCUT2D eigenvalue weighted by molar-refractivity contribution is 0.101. The van der Waals surface area contributed by atoms with Crippen LogP contribution in [0.2, 0.25) is 0 Å². The highest BCUT2D eigenvalue weighted by atomic mass is 16.5. The van der Waals surface area contributed by atoms with Crippen molar-refractivity contribution < 1.29 is 9.53 Å². The molecular weight excluding hydrogens is 240 g/mol. The van der Waals surface area contributed by atoms with E-state index in [1.807, 2.05) is 25.2 Å². The average molecular weight is 264 g/mol. The highest BCUT2D eigenvalue weighted by Gasteiger charge is 2.09. The molecule has 4 heteroatoms. The number of ether oxygens (including phenoxy) is 1. The molecule has 0 atom stereocenters. The normalized spacial score (nSPS) is 10.8. The van der Waals surface area contributed by atoms with E-state index in [9.17, 15) is 4.79 Å². The molecule has 0 unspecified atom stereocenters. The molecule has 0 amide bonds. The predicted octanol–water partition coefficient (Wildman–Crippen LogP) is 1.94. The zero-order valence-corrected chi connectivity index (χ0v) is 12.3. The molecule has 0 aromatic heterocycles. The number of benzene rings is 1. The number of hydrogen-bond acceptors (Lipinski definition) is 4. The van der Waals surface area contributed by atoms with E-state index in [1.165, 1.54) is 0 Å². The molecule has 0 bridgehead atoms. The van der Waals surface area contributed by atoms with Gasteiger partial charge in [0.25, 0.3) is 0 Å². The Morgan fingerprint density at radius 3 is 2.74 bits per heavy atom. The number of methoxy groups -OCH3 is 1. The summed E-state index contributed by atoms with van der Waals surface area (Å²) in [5.74, 6) is 0.923. The lowest BCUT2D eigenvalue weighted by atomic mass is 10.1. The minimum Gasteiger partial charge on any atom is -0.496 e. The van der Waals surface area contributed by atoms with Gasteiger partial charge in [0, 0.05) is 17.7 Å². The number of rotatable bonds is 8. The van der Waals surface area contributed by atoms with Gasteiger partial charge in [0.15, 0.2) is 5.78 Å². The minimum atomic E-state index is 0.0849. The van der Waals surface area contributed by atoms with E-state index in [-0.39, 0.29) is 5.78 Å². The smallest absolute Gasteiger partial charge is 0.159 e. The van der Waals surface area contributed by atoms with E-state index < -0.39 is 0 Å². The van der Waals surface area contributed by atoms with Gasteiger partial charge in [-0.2, -0.15) is 0 Å². The SMILES string of the molecule is CNCCCN(C)Cc1cc(C(C)=O)ccc1OC. The zero-order valence-electron chi connectivity index (χ0n) is 12.3. The molecule has 1 rings (SSSR count). The Labute approximate surface area is 115 Å². The quantitative estimate of drug-likeness (QED) is 0.575. The molecule has 0 aliphatic carbocycles. The van der Waals surface area contributed by atoms with Gasteiger partial charge in [-0.05, 0) is 58.7 Å². The number of nitrogens with one attached hydrogen (secondary N) is 1. The van der Waals surface area contributed by atoms with Crippen LogP contribution < -0.4 is 10.1 Å². The molecule has 1 N–H and O–H groups in total. The molecule has 0 aliphatic heterocycles. The van der Waals surface area contributed by atoms with Crippen LogP contribution in [0.4, 0.5) is 0 Å². The van der Waals surface area contributed by atoms with Crippen LogP contribution in [0, 0.1) is 0 Å². The third-order valence-electron chi connectivity index (χ3n) is 3.09. The fraction of sp³-hybridized carbons (Fsp3) is 0.533. The van der Waals surface area contributed by atoms with Gasteiger partial charge in [0.1, 0.15) is 5.75 Å². The van der Waals surface area contributed by atoms with Crippen molar-refractivity contribution in [3.8, 4) is 5.75 Å². The second-order valence-electron chi connectivity index (χ2n) is 4.78. The van der Waals surface area contributed by atoms with E-state index in [2.05, 4.69) is 17.3 Å². The predicted molar refractivity (Wildman–Crippen MR) is 77.9 cm³/mol. The molecule has 1 aromatic carbocycles. The van der Waals surface area contributed by atoms with Crippen LogP contribution in [0.1, 0.15) is 29.3 Å². The molecule has 0 saturated carbocycles. The molecule has 106 valence electrons. The van der Waals surface area contributed by atoms with E-state index in [0.717, 1.165) is 42.9 Å². The van der Waals surface area contributed by atoms with Crippen LogP contribution in [-0.2, 0) is 6.54 Å². The van der Waals surface area contributed by atoms with Crippen LogP contribution in [0.25, 0.3) is 0 Å². The Bertz CT molecular complexity index is 419. The number of Topliss-reactive ketones (excluding diaryl/α,β-unsaturated/α-hetero) is 1. The van der Waals surface area contributed by atoms with Gasteiger partial charge in [0.05, 0.1) is 7.11 Å². The molecule has 0 radical (unpaired) electrons. The van der Waals surface area contributed by atoms with Gasteiger partial charge in [-0.15, -0.1) is 0 Å². The molecule has 0 fully saturated rings. The Morgan fingerprint density at radius 1 is 1.42 bits per heavy atom. The number of carbonyl (C=O) groups excluding carboxylic acids is 1. The second kappa shape index (κ2) is 7.92. The Morgan fingerprint density at radius 2 is 2.16 bits per heavy atom. The van der Waals surface area contributed by atoms with Crippen molar-refractivity contribution in [1.29, 1.82) is 0 Å². The van der Waals surface area contributed by atoms with Gasteiger partial charge in [0.2, 0.25) is 0 Å². The third-order valence-corrected chi connectivity index (χ3v) is 3.09. The van der Waals surface area contributed by atoms with Gasteiger partial charge >= 0.3 is 0 Å². The van der Waals surface area contributed by atoms with Crippen molar-refractivity contribution in [2.45, 2.75) is 19.9 Å². The summed E-state index contributed by atoms with van der Waals surface area (Å²) >= 11 is 0. The molecule has 0 aliphatic rings. The number of nitrogens with zero attached hydrogens (tertiary/aromatic N) is 1. The summed E-state index contributed by atoms with van der Waals surface area (Å²) in [7, 11) is 5.70. The second-order valence-corrected chi connectivity index (χ2v) is 4.78. The highest BCUT2D eigenvalue weighted by molar-refractivity contribution is 5.94. The third kappa shape index (κ3) is 5.01. The van der Waals surface area contributed by atoms with Crippen molar-refractivity contribution in [3.05, 3.63) is 29.3 Å². The summed E-state index contributed by atoms with van der Waals surface area (Å²) in [5, 5.41) is 3.14. The first kappa shape index (κ1) is 15.7. The summed E-state index contributed by atoms with van der Waals surface area (Å²) in [6.45, 7) is 4.39. The van der Waals surface area contributed by atoms with Crippen LogP contribution in [-0.4, -0.2) is 45.0 Å². The first-order valence-electron chi connectivity index (χ1n) is 6.59.